The van der Waals surface area contributed by atoms with E-state index in [2.05, 4.69) is 0 Å². The second kappa shape index (κ2) is 6.75. The van der Waals surface area contributed by atoms with Crippen LogP contribution in [-0.2, 0) is 21.3 Å². The average molecular weight is 395 g/mol. The summed E-state index contributed by atoms with van der Waals surface area (Å²) in [5.74, 6) is -1.31. The quantitative estimate of drug-likeness (QED) is 0.725. The Balaban J connectivity index is 1.86. The molecule has 0 saturated carbocycles. The predicted molar refractivity (Wildman–Crippen MR) is 85.8 cm³/mol. The predicted octanol–water partition coefficient (Wildman–Crippen LogP) is 1.96. The molecule has 1 fully saturated rings. The molecular weight excluding hydrogens is 375 g/mol. The Morgan fingerprint density at radius 3 is 2.81 bits per heavy atom. The number of piperidine rings is 1. The minimum atomic E-state index is -4.49. The van der Waals surface area contributed by atoms with Gasteiger partial charge in [0.1, 0.15) is 16.6 Å². The third kappa shape index (κ3) is 3.48. The van der Waals surface area contributed by atoms with Crippen LogP contribution in [0, 0.1) is 0 Å². The molecule has 2 aliphatic heterocycles. The largest absolute Gasteiger partial charge is 0.479 e. The molecular formula is C16H20F3NO5S. The highest BCUT2D eigenvalue weighted by atomic mass is 32.1. The van der Waals surface area contributed by atoms with Crippen LogP contribution in [0.4, 0.5) is 13.2 Å². The van der Waals surface area contributed by atoms with Gasteiger partial charge < -0.3 is 20.1 Å². The van der Waals surface area contributed by atoms with E-state index in [1.807, 2.05) is 6.92 Å². The molecule has 1 aromatic rings. The van der Waals surface area contributed by atoms with Gasteiger partial charge in [0.2, 0.25) is 0 Å². The summed E-state index contributed by atoms with van der Waals surface area (Å²) in [6.45, 7) is 2.06. The minimum absolute atomic E-state index is 0.0553. The van der Waals surface area contributed by atoms with Crippen LogP contribution in [-0.4, -0.2) is 58.0 Å². The lowest BCUT2D eigenvalue weighted by atomic mass is 9.81. The number of carboxylic acids is 1. The summed E-state index contributed by atoms with van der Waals surface area (Å²) >= 11 is 0.601. The lowest BCUT2D eigenvalue weighted by Crippen LogP contribution is -2.53. The van der Waals surface area contributed by atoms with E-state index in [0.29, 0.717) is 35.6 Å². The number of rotatable bonds is 3. The van der Waals surface area contributed by atoms with Crippen LogP contribution < -0.4 is 0 Å². The molecule has 0 amide bonds. The summed E-state index contributed by atoms with van der Waals surface area (Å²) < 4.78 is 45.2. The molecule has 3 heterocycles. The Kier molecular flexibility index (Phi) is 5.08. The van der Waals surface area contributed by atoms with Gasteiger partial charge in [-0.25, -0.2) is 4.79 Å². The number of aliphatic hydroxyl groups excluding tert-OH is 2. The Labute approximate surface area is 151 Å². The van der Waals surface area contributed by atoms with Crippen molar-refractivity contribution in [3.63, 3.8) is 0 Å². The molecule has 26 heavy (non-hydrogen) atoms. The van der Waals surface area contributed by atoms with E-state index in [1.54, 1.807) is 4.90 Å². The van der Waals surface area contributed by atoms with Crippen molar-refractivity contribution in [1.29, 1.82) is 0 Å². The van der Waals surface area contributed by atoms with E-state index in [4.69, 9.17) is 9.84 Å². The third-order valence-electron chi connectivity index (χ3n) is 5.07. The number of fused-ring (bicyclic) bond motifs is 2. The maximum atomic E-state index is 13.1. The number of ether oxygens (including phenoxy) is 1. The van der Waals surface area contributed by atoms with Crippen molar-refractivity contribution >= 4 is 17.3 Å². The SMILES string of the molecule is C[C@H]1C[C@@]2(CCN1C[C@@H](O)C(=O)O)OC[C@@H](O)c1cc(C(F)(F)F)sc12. The molecule has 3 rings (SSSR count). The second-order valence-corrected chi connectivity index (χ2v) is 7.92. The molecule has 1 spiro atoms. The Morgan fingerprint density at radius 2 is 2.23 bits per heavy atom. The van der Waals surface area contributed by atoms with Crippen molar-refractivity contribution in [2.75, 3.05) is 19.7 Å². The molecule has 6 nitrogen and oxygen atoms in total. The molecule has 0 radical (unpaired) electrons. The van der Waals surface area contributed by atoms with Crippen molar-refractivity contribution in [2.45, 2.75) is 49.8 Å². The van der Waals surface area contributed by atoms with Gasteiger partial charge in [-0.05, 0) is 25.8 Å². The molecule has 146 valence electrons. The standard InChI is InChI=1S/C16H20F3NO5S/c1-8-5-15(2-3-20(8)6-10(21)14(23)24)13-9(11(22)7-25-15)4-12(26-13)16(17,18)19/h4,8,10-11,21-22H,2-3,5-7H2,1H3,(H,23,24)/t8-,10+,11+,15+/m0/s1. The zero-order chi connectivity index (χ0) is 19.3. The van der Waals surface area contributed by atoms with E-state index in [-0.39, 0.29) is 24.8 Å². The molecule has 0 unspecified atom stereocenters. The molecule has 1 aromatic heterocycles. The van der Waals surface area contributed by atoms with Crippen molar-refractivity contribution in [2.24, 2.45) is 0 Å². The Bertz CT molecular complexity index is 694. The number of hydrogen-bond donors (Lipinski definition) is 3. The molecule has 0 aliphatic carbocycles. The zero-order valence-corrected chi connectivity index (χ0v) is 14.8. The third-order valence-corrected chi connectivity index (χ3v) is 6.46. The summed E-state index contributed by atoms with van der Waals surface area (Å²) in [6, 6.07) is 0.803. The average Bonchev–Trinajstić information content (AvgIpc) is 3.01. The fourth-order valence-corrected chi connectivity index (χ4v) is 4.97. The van der Waals surface area contributed by atoms with Gasteiger partial charge in [0, 0.05) is 29.6 Å². The summed E-state index contributed by atoms with van der Waals surface area (Å²) in [7, 11) is 0. The van der Waals surface area contributed by atoms with Gasteiger partial charge in [-0.2, -0.15) is 13.2 Å². The summed E-state index contributed by atoms with van der Waals surface area (Å²) in [5, 5.41) is 28.5. The number of alkyl halides is 3. The smallest absolute Gasteiger partial charge is 0.425 e. The fraction of sp³-hybridized carbons (Fsp3) is 0.688. The molecule has 2 aliphatic rings. The molecule has 0 bridgehead atoms. The minimum Gasteiger partial charge on any atom is -0.479 e. The maximum Gasteiger partial charge on any atom is 0.425 e. The number of aliphatic hydroxyl groups is 2. The zero-order valence-electron chi connectivity index (χ0n) is 14.0. The van der Waals surface area contributed by atoms with Crippen LogP contribution in [0.15, 0.2) is 6.07 Å². The van der Waals surface area contributed by atoms with Crippen molar-refractivity contribution in [1.82, 2.24) is 4.90 Å². The van der Waals surface area contributed by atoms with Crippen LogP contribution in [0.25, 0.3) is 0 Å². The van der Waals surface area contributed by atoms with Crippen molar-refractivity contribution in [3.05, 3.63) is 21.4 Å². The topological polar surface area (TPSA) is 90.2 Å². The first-order valence-corrected chi connectivity index (χ1v) is 9.03. The first-order chi connectivity index (χ1) is 12.0. The van der Waals surface area contributed by atoms with Gasteiger partial charge in [-0.1, -0.05) is 0 Å². The lowest BCUT2D eigenvalue weighted by molar-refractivity contribution is -0.153. The van der Waals surface area contributed by atoms with Gasteiger partial charge in [0.25, 0.3) is 0 Å². The molecule has 10 heteroatoms. The normalized spacial score (nSPS) is 31.0. The van der Waals surface area contributed by atoms with E-state index < -0.39 is 34.8 Å². The summed E-state index contributed by atoms with van der Waals surface area (Å²) in [4.78, 5) is 12.3. The molecule has 0 aromatic carbocycles. The summed E-state index contributed by atoms with van der Waals surface area (Å²) in [5.41, 5.74) is -0.660. The van der Waals surface area contributed by atoms with Crippen LogP contribution in [0.1, 0.15) is 41.2 Å². The number of halogens is 3. The highest BCUT2D eigenvalue weighted by molar-refractivity contribution is 7.12. The maximum absolute atomic E-state index is 13.1. The highest BCUT2D eigenvalue weighted by Gasteiger charge is 2.49. The Hall–Kier alpha value is -1.20. The molecule has 1 saturated heterocycles. The van der Waals surface area contributed by atoms with Gasteiger partial charge in [-0.15, -0.1) is 11.3 Å². The first kappa shape index (κ1) is 19.6. The number of carboxylic acid groups (broad SMARTS) is 1. The number of carbonyl (C=O) groups is 1. The summed E-state index contributed by atoms with van der Waals surface area (Å²) in [6.07, 6.45) is -6.38. The monoisotopic (exact) mass is 395 g/mol. The first-order valence-electron chi connectivity index (χ1n) is 8.22. The second-order valence-electron chi connectivity index (χ2n) is 6.87. The van der Waals surface area contributed by atoms with Crippen LogP contribution in [0.2, 0.25) is 0 Å². The molecule has 4 atom stereocenters. The van der Waals surface area contributed by atoms with E-state index in [1.165, 1.54) is 0 Å². The number of nitrogens with zero attached hydrogens (tertiary/aromatic N) is 1. The van der Waals surface area contributed by atoms with E-state index in [9.17, 15) is 28.2 Å². The number of likely N-dealkylation sites (tertiary alicyclic amines) is 1. The van der Waals surface area contributed by atoms with Gasteiger partial charge in [-0.3, -0.25) is 4.90 Å². The van der Waals surface area contributed by atoms with Crippen molar-refractivity contribution < 1.29 is 38.0 Å². The fourth-order valence-electron chi connectivity index (χ4n) is 3.70. The highest BCUT2D eigenvalue weighted by Crippen LogP contribution is 2.51. The van der Waals surface area contributed by atoms with E-state index >= 15 is 0 Å². The van der Waals surface area contributed by atoms with Crippen LogP contribution in [0.3, 0.4) is 0 Å². The van der Waals surface area contributed by atoms with Gasteiger partial charge in [0.15, 0.2) is 6.10 Å². The molecule has 3 N–H and O–H groups in total. The number of aliphatic carboxylic acids is 1. The van der Waals surface area contributed by atoms with E-state index in [0.717, 1.165) is 6.07 Å². The van der Waals surface area contributed by atoms with Crippen LogP contribution >= 0.6 is 11.3 Å². The van der Waals surface area contributed by atoms with Gasteiger partial charge >= 0.3 is 12.1 Å². The number of hydrogen-bond acceptors (Lipinski definition) is 6. The Morgan fingerprint density at radius 1 is 1.54 bits per heavy atom. The lowest BCUT2D eigenvalue weighted by Gasteiger charge is -2.47. The number of β-amino-alcohol motifs (C(OH)–C–C–N with tert-alkyl or cyclic N) is 1. The van der Waals surface area contributed by atoms with Crippen molar-refractivity contribution in [3.8, 4) is 0 Å². The number of thiophene rings is 1. The van der Waals surface area contributed by atoms with Gasteiger partial charge in [0.05, 0.1) is 6.61 Å². The van der Waals surface area contributed by atoms with Crippen LogP contribution in [0.5, 0.6) is 0 Å².